The largest absolute Gasteiger partial charge is 0.289 e. The minimum absolute atomic E-state index is 0.0420. The van der Waals surface area contributed by atoms with Gasteiger partial charge in [0.2, 0.25) is 0 Å². The molecule has 1 heterocycles. The number of nitro groups is 1. The third-order valence-electron chi connectivity index (χ3n) is 4.16. The molecule has 8 heteroatoms. The monoisotopic (exact) mass is 377 g/mol. The van der Waals surface area contributed by atoms with Gasteiger partial charge in [0.05, 0.1) is 16.8 Å². The molecule has 0 unspecified atom stereocenters. The predicted octanol–water partition coefficient (Wildman–Crippen LogP) is 3.87. The second-order valence-corrected chi connectivity index (χ2v) is 6.49. The Morgan fingerprint density at radius 2 is 1.96 bits per heavy atom. The molecule has 0 aliphatic heterocycles. The molecule has 3 rings (SSSR count). The molecule has 0 fully saturated rings. The van der Waals surface area contributed by atoms with Gasteiger partial charge in [-0.3, -0.25) is 20.0 Å². The third-order valence-corrected chi connectivity index (χ3v) is 4.16. The Morgan fingerprint density at radius 1 is 1.21 bits per heavy atom. The summed E-state index contributed by atoms with van der Waals surface area (Å²) in [5.74, 6) is -0.00875. The molecular formula is C20H19N5O3. The molecule has 1 amide bonds. The van der Waals surface area contributed by atoms with Gasteiger partial charge in [-0.15, -0.1) is 0 Å². The summed E-state index contributed by atoms with van der Waals surface area (Å²) in [6, 6.07) is 15.5. The van der Waals surface area contributed by atoms with Gasteiger partial charge in [-0.05, 0) is 23.1 Å². The van der Waals surface area contributed by atoms with Gasteiger partial charge in [-0.1, -0.05) is 50.2 Å². The number of amides is 1. The van der Waals surface area contributed by atoms with Crippen molar-refractivity contribution in [1.82, 2.24) is 15.6 Å². The van der Waals surface area contributed by atoms with Crippen LogP contribution in [0.1, 0.15) is 41.4 Å². The van der Waals surface area contributed by atoms with Crippen molar-refractivity contribution in [3.63, 3.8) is 0 Å². The Morgan fingerprint density at radius 3 is 2.64 bits per heavy atom. The first kappa shape index (κ1) is 19.0. The molecule has 0 bridgehead atoms. The fraction of sp³-hybridized carbons (Fsp3) is 0.150. The second kappa shape index (κ2) is 8.26. The summed E-state index contributed by atoms with van der Waals surface area (Å²) >= 11 is 0. The number of nitrogens with zero attached hydrogens (tertiary/aromatic N) is 3. The smallest absolute Gasteiger partial charge is 0.272 e. The number of aromatic nitrogens is 2. The van der Waals surface area contributed by atoms with E-state index in [1.807, 2.05) is 24.3 Å². The van der Waals surface area contributed by atoms with E-state index >= 15 is 0 Å². The maximum Gasteiger partial charge on any atom is 0.289 e. The van der Waals surface area contributed by atoms with Crippen molar-refractivity contribution in [1.29, 1.82) is 0 Å². The number of hydrazone groups is 1. The maximum absolute atomic E-state index is 12.2. The number of aromatic amines is 1. The molecule has 0 radical (unpaired) electrons. The number of H-pyrrole nitrogens is 1. The van der Waals surface area contributed by atoms with Crippen molar-refractivity contribution >= 4 is 17.8 Å². The molecular weight excluding hydrogens is 358 g/mol. The number of carbonyl (C=O) groups excluding carboxylic acids is 1. The molecule has 28 heavy (non-hydrogen) atoms. The van der Waals surface area contributed by atoms with Gasteiger partial charge in [-0.25, -0.2) is 5.43 Å². The summed E-state index contributed by atoms with van der Waals surface area (Å²) in [5, 5.41) is 21.5. The van der Waals surface area contributed by atoms with Crippen LogP contribution < -0.4 is 5.43 Å². The molecule has 2 aromatic carbocycles. The fourth-order valence-electron chi connectivity index (χ4n) is 2.56. The Labute approximate surface area is 161 Å². The summed E-state index contributed by atoms with van der Waals surface area (Å²) in [5.41, 5.74) is 5.66. The van der Waals surface area contributed by atoms with Crippen LogP contribution in [-0.4, -0.2) is 27.2 Å². The number of carbonyl (C=O) groups is 1. The van der Waals surface area contributed by atoms with Gasteiger partial charge < -0.3 is 0 Å². The topological polar surface area (TPSA) is 113 Å². The van der Waals surface area contributed by atoms with Crippen molar-refractivity contribution in [2.75, 3.05) is 0 Å². The molecule has 0 spiro atoms. The molecule has 0 saturated carbocycles. The molecule has 0 aliphatic rings. The average molecular weight is 377 g/mol. The van der Waals surface area contributed by atoms with Gasteiger partial charge in [0.15, 0.2) is 0 Å². The Kier molecular flexibility index (Phi) is 5.59. The van der Waals surface area contributed by atoms with Crippen molar-refractivity contribution in [2.45, 2.75) is 19.8 Å². The number of non-ortho nitro benzene ring substituents is 1. The van der Waals surface area contributed by atoms with E-state index in [2.05, 4.69) is 34.6 Å². The first-order chi connectivity index (χ1) is 13.4. The van der Waals surface area contributed by atoms with Crippen LogP contribution in [0.4, 0.5) is 5.69 Å². The summed E-state index contributed by atoms with van der Waals surface area (Å²) in [4.78, 5) is 22.6. The lowest BCUT2D eigenvalue weighted by atomic mass is 10.0. The zero-order valence-electron chi connectivity index (χ0n) is 15.4. The van der Waals surface area contributed by atoms with Crippen LogP contribution in [0.15, 0.2) is 59.7 Å². The zero-order valence-corrected chi connectivity index (χ0v) is 15.4. The molecule has 3 aromatic rings. The highest BCUT2D eigenvalue weighted by Crippen LogP contribution is 2.22. The zero-order chi connectivity index (χ0) is 20.1. The summed E-state index contributed by atoms with van der Waals surface area (Å²) in [6.45, 7) is 4.24. The van der Waals surface area contributed by atoms with Gasteiger partial charge in [0.1, 0.15) is 5.69 Å². The molecule has 8 nitrogen and oxygen atoms in total. The molecule has 0 atom stereocenters. The highest BCUT2D eigenvalue weighted by molar-refractivity contribution is 5.94. The standard InChI is InChI=1S/C20H19N5O3/c1-13(2)15-8-6-14(7-9-15)12-21-24-20(26)19-11-18(22-23-19)16-4-3-5-17(10-16)25(27)28/h3-13H,1-2H3,(H,22,23)(H,24,26)/b21-12-. The normalized spacial score (nSPS) is 11.1. The molecule has 0 aliphatic carbocycles. The highest BCUT2D eigenvalue weighted by Gasteiger charge is 2.13. The summed E-state index contributed by atoms with van der Waals surface area (Å²) < 4.78 is 0. The van der Waals surface area contributed by atoms with Gasteiger partial charge in [0, 0.05) is 17.7 Å². The van der Waals surface area contributed by atoms with E-state index in [1.54, 1.807) is 18.3 Å². The third kappa shape index (κ3) is 4.47. The first-order valence-corrected chi connectivity index (χ1v) is 8.67. The van der Waals surface area contributed by atoms with Crippen LogP contribution >= 0.6 is 0 Å². The Bertz CT molecular complexity index is 1020. The minimum atomic E-state index is -0.480. The number of rotatable bonds is 6. The van der Waals surface area contributed by atoms with Crippen LogP contribution in [0.5, 0.6) is 0 Å². The Hall–Kier alpha value is -3.81. The van der Waals surface area contributed by atoms with Gasteiger partial charge >= 0.3 is 0 Å². The van der Waals surface area contributed by atoms with E-state index in [0.29, 0.717) is 17.2 Å². The van der Waals surface area contributed by atoms with E-state index in [1.165, 1.54) is 23.8 Å². The van der Waals surface area contributed by atoms with E-state index in [9.17, 15) is 14.9 Å². The molecule has 0 saturated heterocycles. The van der Waals surface area contributed by atoms with Crippen molar-refractivity contribution in [3.05, 3.63) is 81.5 Å². The van der Waals surface area contributed by atoms with Gasteiger partial charge in [-0.2, -0.15) is 10.2 Å². The van der Waals surface area contributed by atoms with Crippen LogP contribution in [0.2, 0.25) is 0 Å². The fourth-order valence-corrected chi connectivity index (χ4v) is 2.56. The van der Waals surface area contributed by atoms with Gasteiger partial charge in [0.25, 0.3) is 11.6 Å². The number of hydrogen-bond donors (Lipinski definition) is 2. The summed E-state index contributed by atoms with van der Waals surface area (Å²) in [6.07, 6.45) is 1.56. The lowest BCUT2D eigenvalue weighted by Crippen LogP contribution is -2.18. The molecule has 2 N–H and O–H groups in total. The Balaban J connectivity index is 1.65. The van der Waals surface area contributed by atoms with E-state index < -0.39 is 10.8 Å². The predicted molar refractivity (Wildman–Crippen MR) is 106 cm³/mol. The summed E-state index contributed by atoms with van der Waals surface area (Å²) in [7, 11) is 0. The lowest BCUT2D eigenvalue weighted by Gasteiger charge is -2.04. The lowest BCUT2D eigenvalue weighted by molar-refractivity contribution is -0.384. The minimum Gasteiger partial charge on any atom is -0.272 e. The number of benzene rings is 2. The van der Waals surface area contributed by atoms with Crippen LogP contribution in [0.25, 0.3) is 11.3 Å². The van der Waals surface area contributed by atoms with Crippen molar-refractivity contribution < 1.29 is 9.72 Å². The van der Waals surface area contributed by atoms with Crippen molar-refractivity contribution in [3.8, 4) is 11.3 Å². The van der Waals surface area contributed by atoms with E-state index in [-0.39, 0.29) is 11.4 Å². The van der Waals surface area contributed by atoms with Crippen LogP contribution in [0, 0.1) is 10.1 Å². The van der Waals surface area contributed by atoms with Crippen LogP contribution in [0.3, 0.4) is 0 Å². The number of nitrogens with one attached hydrogen (secondary N) is 2. The highest BCUT2D eigenvalue weighted by atomic mass is 16.6. The second-order valence-electron chi connectivity index (χ2n) is 6.49. The number of nitro benzene ring substituents is 1. The quantitative estimate of drug-likeness (QED) is 0.385. The molecule has 142 valence electrons. The number of hydrogen-bond acceptors (Lipinski definition) is 5. The van der Waals surface area contributed by atoms with E-state index in [0.717, 1.165) is 5.56 Å². The van der Waals surface area contributed by atoms with Crippen LogP contribution in [-0.2, 0) is 0 Å². The molecule has 1 aromatic heterocycles. The first-order valence-electron chi connectivity index (χ1n) is 8.67. The maximum atomic E-state index is 12.2. The van der Waals surface area contributed by atoms with E-state index in [4.69, 9.17) is 0 Å². The SMILES string of the molecule is CC(C)c1ccc(/C=N\NC(=O)c2cc(-c3cccc([N+](=O)[O-])c3)n[nH]2)cc1. The average Bonchev–Trinajstić information content (AvgIpc) is 3.19. The van der Waals surface area contributed by atoms with Crippen molar-refractivity contribution in [2.24, 2.45) is 5.10 Å².